The quantitative estimate of drug-likeness (QED) is 0.936. The monoisotopic (exact) mass is 332 g/mol. The lowest BCUT2D eigenvalue weighted by molar-refractivity contribution is 0.592. The van der Waals surface area contributed by atoms with Gasteiger partial charge in [-0.3, -0.25) is 0 Å². The minimum Gasteiger partial charge on any atom is -0.312 e. The topological polar surface area (TPSA) is 83.9 Å². The molecule has 22 heavy (non-hydrogen) atoms. The van der Waals surface area contributed by atoms with Gasteiger partial charge in [0.15, 0.2) is 9.84 Å². The zero-order chi connectivity index (χ0) is 16.0. The number of nitriles is 1. The minimum atomic E-state index is -3.69. The molecule has 112 valence electrons. The zero-order valence-electron chi connectivity index (χ0n) is 11.5. The zero-order valence-corrected chi connectivity index (χ0v) is 13.1. The van der Waals surface area contributed by atoms with Gasteiger partial charge < -0.3 is 5.73 Å². The predicted molar refractivity (Wildman–Crippen MR) is 84.1 cm³/mol. The maximum atomic E-state index is 12.8. The van der Waals surface area contributed by atoms with Crippen molar-refractivity contribution in [1.29, 1.82) is 5.26 Å². The lowest BCUT2D eigenvalue weighted by Crippen LogP contribution is -2.29. The molecule has 2 aromatic rings. The highest BCUT2D eigenvalue weighted by atomic mass is 35.5. The van der Waals surface area contributed by atoms with Crippen LogP contribution in [-0.2, 0) is 9.84 Å². The maximum Gasteiger partial charge on any atom is 0.184 e. The Labute approximate surface area is 134 Å². The Morgan fingerprint density at radius 1 is 1.14 bits per heavy atom. The number of nitrogens with zero attached hydrogens (tertiary/aromatic N) is 1. The van der Waals surface area contributed by atoms with Crippen molar-refractivity contribution in [2.45, 2.75) is 21.6 Å². The summed E-state index contributed by atoms with van der Waals surface area (Å²) in [5.41, 5.74) is 5.29. The molecule has 0 bridgehead atoms. The molecule has 2 N–H and O–H groups in total. The van der Waals surface area contributed by atoms with Gasteiger partial charge in [-0.25, -0.2) is 8.42 Å². The number of benzene rings is 2. The van der Waals surface area contributed by atoms with Crippen molar-refractivity contribution in [2.75, 3.05) is 0 Å². The predicted octanol–water partition coefficient (Wildman–Crippen LogP) is 2.50. The summed E-state index contributed by atoms with van der Waals surface area (Å²) < 4.78 is 25.5. The molecular weight excluding hydrogens is 320 g/mol. The van der Waals surface area contributed by atoms with Crippen LogP contribution in [-0.4, -0.2) is 19.2 Å². The summed E-state index contributed by atoms with van der Waals surface area (Å²) >= 11 is 5.96. The average Bonchev–Trinajstić information content (AvgIpc) is 3.16. The molecule has 0 heterocycles. The standard InChI is InChI=1S/C16H13ClN2O2S/c17-12-6-4-5-11(9-12)14-15(16(14,19)10-18)22(20,21)13-7-2-1-3-8-13/h1-9,14-15H,19H2. The van der Waals surface area contributed by atoms with E-state index in [2.05, 4.69) is 0 Å². The lowest BCUT2D eigenvalue weighted by Gasteiger charge is -2.04. The van der Waals surface area contributed by atoms with Crippen LogP contribution in [0.2, 0.25) is 5.02 Å². The van der Waals surface area contributed by atoms with Crippen LogP contribution in [0.3, 0.4) is 0 Å². The van der Waals surface area contributed by atoms with Crippen molar-refractivity contribution in [3.63, 3.8) is 0 Å². The molecule has 2 aromatic carbocycles. The summed E-state index contributed by atoms with van der Waals surface area (Å²) in [7, 11) is -3.69. The van der Waals surface area contributed by atoms with Gasteiger partial charge in [0, 0.05) is 10.9 Å². The fraction of sp³-hybridized carbons (Fsp3) is 0.188. The summed E-state index contributed by atoms with van der Waals surface area (Å²) in [5, 5.41) is 8.89. The van der Waals surface area contributed by atoms with E-state index in [0.29, 0.717) is 10.6 Å². The van der Waals surface area contributed by atoms with E-state index in [1.807, 2.05) is 6.07 Å². The smallest absolute Gasteiger partial charge is 0.184 e. The third-order valence-corrected chi connectivity index (χ3v) is 6.48. The molecule has 6 heteroatoms. The molecule has 1 fully saturated rings. The molecule has 4 nitrogen and oxygen atoms in total. The van der Waals surface area contributed by atoms with E-state index in [1.165, 1.54) is 12.1 Å². The molecule has 0 aliphatic heterocycles. The van der Waals surface area contributed by atoms with E-state index in [-0.39, 0.29) is 4.90 Å². The average molecular weight is 333 g/mol. The first-order chi connectivity index (χ1) is 10.4. The van der Waals surface area contributed by atoms with Gasteiger partial charge in [-0.15, -0.1) is 0 Å². The lowest BCUT2D eigenvalue weighted by atomic mass is 10.1. The number of sulfone groups is 1. The highest BCUT2D eigenvalue weighted by Crippen LogP contribution is 2.55. The molecule has 3 unspecified atom stereocenters. The third-order valence-electron chi connectivity index (χ3n) is 3.99. The first-order valence-corrected chi connectivity index (χ1v) is 8.58. The van der Waals surface area contributed by atoms with Crippen LogP contribution < -0.4 is 5.73 Å². The van der Waals surface area contributed by atoms with E-state index in [1.54, 1.807) is 42.5 Å². The number of halogens is 1. The Morgan fingerprint density at radius 2 is 1.82 bits per heavy atom. The third kappa shape index (κ3) is 2.20. The molecule has 3 atom stereocenters. The van der Waals surface area contributed by atoms with Gasteiger partial charge in [0.05, 0.1) is 11.0 Å². The van der Waals surface area contributed by atoms with Gasteiger partial charge in [-0.1, -0.05) is 41.9 Å². The summed E-state index contributed by atoms with van der Waals surface area (Å²) in [6, 6.07) is 16.8. The Bertz CT molecular complexity index is 861. The Morgan fingerprint density at radius 3 is 2.41 bits per heavy atom. The SMILES string of the molecule is N#CC1(N)C(c2cccc(Cl)c2)C1S(=O)(=O)c1ccccc1. The van der Waals surface area contributed by atoms with E-state index >= 15 is 0 Å². The first-order valence-electron chi connectivity index (χ1n) is 6.66. The van der Waals surface area contributed by atoms with Crippen LogP contribution in [0.1, 0.15) is 11.5 Å². The largest absolute Gasteiger partial charge is 0.312 e. The van der Waals surface area contributed by atoms with Crippen molar-refractivity contribution >= 4 is 21.4 Å². The van der Waals surface area contributed by atoms with Crippen LogP contribution in [0.15, 0.2) is 59.5 Å². The van der Waals surface area contributed by atoms with E-state index < -0.39 is 26.5 Å². The molecule has 3 rings (SSSR count). The van der Waals surface area contributed by atoms with Crippen molar-refractivity contribution in [2.24, 2.45) is 5.73 Å². The molecular formula is C16H13ClN2O2S. The van der Waals surface area contributed by atoms with Crippen LogP contribution in [0, 0.1) is 11.3 Å². The van der Waals surface area contributed by atoms with Gasteiger partial charge in [0.25, 0.3) is 0 Å². The number of hydrogen-bond donors (Lipinski definition) is 1. The van der Waals surface area contributed by atoms with Gasteiger partial charge in [0.1, 0.15) is 10.8 Å². The van der Waals surface area contributed by atoms with Crippen molar-refractivity contribution < 1.29 is 8.42 Å². The summed E-state index contributed by atoms with van der Waals surface area (Å²) in [4.78, 5) is 0.176. The highest BCUT2D eigenvalue weighted by Gasteiger charge is 2.70. The summed E-state index contributed by atoms with van der Waals surface area (Å²) in [6.07, 6.45) is 0. The normalized spacial score (nSPS) is 27.1. The molecule has 0 aromatic heterocycles. The van der Waals surface area contributed by atoms with Crippen molar-refractivity contribution in [3.05, 3.63) is 65.2 Å². The van der Waals surface area contributed by atoms with E-state index in [0.717, 1.165) is 0 Å². The van der Waals surface area contributed by atoms with Crippen LogP contribution >= 0.6 is 11.6 Å². The molecule has 1 aliphatic carbocycles. The van der Waals surface area contributed by atoms with Gasteiger partial charge >= 0.3 is 0 Å². The van der Waals surface area contributed by atoms with E-state index in [9.17, 15) is 13.7 Å². The second kappa shape index (κ2) is 5.10. The molecule has 0 radical (unpaired) electrons. The first kappa shape index (κ1) is 15.0. The second-order valence-corrected chi connectivity index (χ2v) is 7.86. The fourth-order valence-corrected chi connectivity index (χ4v) is 5.25. The van der Waals surface area contributed by atoms with Crippen LogP contribution in [0.25, 0.3) is 0 Å². The molecule has 0 amide bonds. The summed E-state index contributed by atoms with van der Waals surface area (Å²) in [5.74, 6) is -0.582. The fourth-order valence-electron chi connectivity index (χ4n) is 2.85. The summed E-state index contributed by atoms with van der Waals surface area (Å²) in [6.45, 7) is 0. The number of hydrogen-bond acceptors (Lipinski definition) is 4. The van der Waals surface area contributed by atoms with Crippen molar-refractivity contribution in [3.8, 4) is 6.07 Å². The van der Waals surface area contributed by atoms with Gasteiger partial charge in [-0.05, 0) is 29.8 Å². The van der Waals surface area contributed by atoms with E-state index in [4.69, 9.17) is 17.3 Å². The molecule has 1 aliphatic rings. The van der Waals surface area contributed by atoms with Crippen LogP contribution in [0.4, 0.5) is 0 Å². The minimum absolute atomic E-state index is 0.176. The van der Waals surface area contributed by atoms with Crippen LogP contribution in [0.5, 0.6) is 0 Å². The molecule has 1 saturated carbocycles. The Balaban J connectivity index is 2.06. The van der Waals surface area contributed by atoms with Gasteiger partial charge in [0.2, 0.25) is 0 Å². The molecule has 0 saturated heterocycles. The maximum absolute atomic E-state index is 12.8. The highest BCUT2D eigenvalue weighted by molar-refractivity contribution is 7.92. The van der Waals surface area contributed by atoms with Gasteiger partial charge in [-0.2, -0.15) is 5.26 Å². The second-order valence-electron chi connectivity index (χ2n) is 5.36. The Kier molecular flexibility index (Phi) is 3.48. The number of rotatable bonds is 3. The van der Waals surface area contributed by atoms with Crippen molar-refractivity contribution in [1.82, 2.24) is 0 Å². The number of nitrogens with two attached hydrogens (primary N) is 1. The molecule has 0 spiro atoms. The Hall–Kier alpha value is -1.87.